The lowest BCUT2D eigenvalue weighted by Crippen LogP contribution is -2.06. The van der Waals surface area contributed by atoms with Crippen molar-refractivity contribution < 1.29 is 14.7 Å². The predicted octanol–water partition coefficient (Wildman–Crippen LogP) is 6.94. The van der Waals surface area contributed by atoms with E-state index < -0.39 is 0 Å². The van der Waals surface area contributed by atoms with E-state index >= 15 is 0 Å². The quantitative estimate of drug-likeness (QED) is 0.173. The van der Waals surface area contributed by atoms with Crippen molar-refractivity contribution in [2.45, 2.75) is 40.5 Å². The Balaban J connectivity index is 0.000000261. The third-order valence-corrected chi connectivity index (χ3v) is 6.92. The fourth-order valence-electron chi connectivity index (χ4n) is 4.40. The van der Waals surface area contributed by atoms with Gasteiger partial charge in [-0.2, -0.15) is 5.26 Å². The third kappa shape index (κ3) is 8.85. The van der Waals surface area contributed by atoms with Crippen molar-refractivity contribution in [1.29, 1.82) is 5.26 Å². The molecule has 0 aliphatic carbocycles. The molecule has 42 heavy (non-hydrogen) atoms. The van der Waals surface area contributed by atoms with Gasteiger partial charge in [0.2, 0.25) is 6.41 Å². The number of para-hydroxylation sites is 1. The number of nitriles is 1. The first kappa shape index (κ1) is 31.7. The molecule has 2 heterocycles. The summed E-state index contributed by atoms with van der Waals surface area (Å²) >= 11 is 0. The highest BCUT2D eigenvalue weighted by atomic mass is 16.3. The highest BCUT2D eigenvalue weighted by molar-refractivity contribution is 5.96. The third-order valence-electron chi connectivity index (χ3n) is 6.92. The van der Waals surface area contributed by atoms with Crippen molar-refractivity contribution >= 4 is 18.0 Å². The van der Waals surface area contributed by atoms with E-state index in [1.165, 1.54) is 43.6 Å². The van der Waals surface area contributed by atoms with E-state index in [4.69, 9.17) is 0 Å². The summed E-state index contributed by atoms with van der Waals surface area (Å²) in [6, 6.07) is 25.9. The maximum Gasteiger partial charge on any atom is 0.212 e. The normalized spacial score (nSPS) is 13.5. The first-order valence-electron chi connectivity index (χ1n) is 14.1. The van der Waals surface area contributed by atoms with Crippen LogP contribution in [0.2, 0.25) is 0 Å². The minimum absolute atomic E-state index is 0.0233. The molecule has 0 saturated carbocycles. The van der Waals surface area contributed by atoms with Gasteiger partial charge in [0, 0.05) is 16.7 Å². The largest absolute Gasteiger partial charge is 0.507 e. The van der Waals surface area contributed by atoms with Gasteiger partial charge in [-0.05, 0) is 81.1 Å². The van der Waals surface area contributed by atoms with Gasteiger partial charge in [-0.1, -0.05) is 74.0 Å². The Bertz CT molecular complexity index is 1540. The molecular formula is C35H38N4O3. The number of rotatable bonds is 6. The molecule has 1 fully saturated rings. The standard InChI is InChI=1S/C21H15N3O3.C9H12.C5H11N/c1-13(26)14-5-4-6-15(9-14)17-10-19(16-7-2-3-8-20(16)27)24-21(23-12-25)18(17)11-22;1-3-9-6-4-8(2)5-7-9;1-5-2-3-6-4-5/h2-10,12,27H,1H3,(H,23,24,25);4-7H,3H2,1-2H3;5-6H,2-4H2,1H3. The number of phenolic OH excluding ortho intramolecular Hbond substituents is 1. The summed E-state index contributed by atoms with van der Waals surface area (Å²) < 4.78 is 0. The lowest BCUT2D eigenvalue weighted by molar-refractivity contribution is -0.105. The zero-order chi connectivity index (χ0) is 30.5. The van der Waals surface area contributed by atoms with Gasteiger partial charge in [0.05, 0.1) is 5.69 Å². The maximum absolute atomic E-state index is 11.7. The Labute approximate surface area is 248 Å². The molecule has 7 nitrogen and oxygen atoms in total. The number of nitrogens with one attached hydrogen (secondary N) is 2. The number of aryl methyl sites for hydroxylation is 2. The number of phenols is 1. The Kier molecular flexibility index (Phi) is 12.0. The van der Waals surface area contributed by atoms with Gasteiger partial charge < -0.3 is 15.7 Å². The van der Waals surface area contributed by atoms with E-state index in [1.54, 1.807) is 48.5 Å². The molecule has 1 aliphatic heterocycles. The minimum Gasteiger partial charge on any atom is -0.507 e. The topological polar surface area (TPSA) is 115 Å². The Morgan fingerprint density at radius 3 is 2.38 bits per heavy atom. The molecule has 4 aromatic rings. The zero-order valence-corrected chi connectivity index (χ0v) is 24.6. The summed E-state index contributed by atoms with van der Waals surface area (Å²) in [4.78, 5) is 27.0. The predicted molar refractivity (Wildman–Crippen MR) is 168 cm³/mol. The van der Waals surface area contributed by atoms with E-state index in [1.807, 2.05) is 0 Å². The number of Topliss-reactive ketones (excluding diaryl/α,β-unsaturated/α-hetero) is 1. The highest BCUT2D eigenvalue weighted by Crippen LogP contribution is 2.35. The van der Waals surface area contributed by atoms with E-state index in [0.29, 0.717) is 34.4 Å². The number of hydrogen-bond acceptors (Lipinski definition) is 6. The second kappa shape index (κ2) is 15.8. The lowest BCUT2D eigenvalue weighted by atomic mass is 9.96. The average Bonchev–Trinajstić information content (AvgIpc) is 3.49. The van der Waals surface area contributed by atoms with Crippen LogP contribution in [0.5, 0.6) is 5.75 Å². The molecule has 0 spiro atoms. The maximum atomic E-state index is 11.7. The van der Waals surface area contributed by atoms with Crippen molar-refractivity contribution in [2.24, 2.45) is 5.92 Å². The summed E-state index contributed by atoms with van der Waals surface area (Å²) in [6.07, 6.45) is 2.95. The number of aromatic hydroxyl groups is 1. The monoisotopic (exact) mass is 562 g/mol. The van der Waals surface area contributed by atoms with Crippen LogP contribution in [0.3, 0.4) is 0 Å². The molecule has 3 aromatic carbocycles. The van der Waals surface area contributed by atoms with Gasteiger partial charge in [-0.25, -0.2) is 4.98 Å². The second-order valence-corrected chi connectivity index (χ2v) is 10.2. The lowest BCUT2D eigenvalue weighted by Gasteiger charge is -2.13. The molecule has 1 saturated heterocycles. The molecule has 0 bridgehead atoms. The first-order valence-corrected chi connectivity index (χ1v) is 14.1. The number of aromatic nitrogens is 1. The number of carbonyl (C=O) groups is 2. The smallest absolute Gasteiger partial charge is 0.212 e. The first-order chi connectivity index (χ1) is 20.3. The van der Waals surface area contributed by atoms with Crippen molar-refractivity contribution in [2.75, 3.05) is 18.4 Å². The molecule has 216 valence electrons. The van der Waals surface area contributed by atoms with Gasteiger partial charge in [0.1, 0.15) is 17.4 Å². The van der Waals surface area contributed by atoms with E-state index in [2.05, 4.69) is 66.7 Å². The Hall–Kier alpha value is -4.80. The number of nitrogens with zero attached hydrogens (tertiary/aromatic N) is 2. The van der Waals surface area contributed by atoms with Gasteiger partial charge in [-0.3, -0.25) is 9.59 Å². The highest BCUT2D eigenvalue weighted by Gasteiger charge is 2.17. The zero-order valence-electron chi connectivity index (χ0n) is 24.6. The molecule has 1 amide bonds. The van der Waals surface area contributed by atoms with Crippen molar-refractivity contribution in [1.82, 2.24) is 10.3 Å². The van der Waals surface area contributed by atoms with Crippen LogP contribution in [0.15, 0.2) is 78.9 Å². The molecular weight excluding hydrogens is 524 g/mol. The van der Waals surface area contributed by atoms with E-state index in [9.17, 15) is 20.0 Å². The molecule has 7 heteroatoms. The Morgan fingerprint density at radius 1 is 1.10 bits per heavy atom. The van der Waals surface area contributed by atoms with Crippen LogP contribution < -0.4 is 10.6 Å². The van der Waals surface area contributed by atoms with Gasteiger partial charge in [-0.15, -0.1) is 0 Å². The molecule has 1 atom stereocenters. The Morgan fingerprint density at radius 2 is 1.83 bits per heavy atom. The van der Waals surface area contributed by atoms with Crippen LogP contribution in [0.1, 0.15) is 54.2 Å². The van der Waals surface area contributed by atoms with E-state index in [0.717, 1.165) is 12.3 Å². The number of carbonyl (C=O) groups excluding carboxylic acids is 2. The van der Waals surface area contributed by atoms with Gasteiger partial charge in [0.25, 0.3) is 0 Å². The van der Waals surface area contributed by atoms with E-state index in [-0.39, 0.29) is 22.9 Å². The van der Waals surface area contributed by atoms with Crippen molar-refractivity contribution in [3.05, 3.63) is 101 Å². The molecule has 3 N–H and O–H groups in total. The average molecular weight is 563 g/mol. The van der Waals surface area contributed by atoms with Crippen LogP contribution in [0.25, 0.3) is 22.4 Å². The van der Waals surface area contributed by atoms with Crippen molar-refractivity contribution in [3.63, 3.8) is 0 Å². The van der Waals surface area contributed by atoms with Crippen LogP contribution in [0.4, 0.5) is 5.82 Å². The fourth-order valence-corrected chi connectivity index (χ4v) is 4.40. The summed E-state index contributed by atoms with van der Waals surface area (Å²) in [7, 11) is 0. The number of hydrogen-bond donors (Lipinski definition) is 3. The van der Waals surface area contributed by atoms with Crippen LogP contribution in [-0.2, 0) is 11.2 Å². The molecule has 0 radical (unpaired) electrons. The van der Waals surface area contributed by atoms with Crippen LogP contribution in [-0.4, -0.2) is 35.4 Å². The number of benzene rings is 3. The molecule has 1 aliphatic rings. The minimum atomic E-state index is -0.100. The van der Waals surface area contributed by atoms with Crippen LogP contribution in [0, 0.1) is 24.2 Å². The molecule has 5 rings (SSSR count). The summed E-state index contributed by atoms with van der Waals surface area (Å²) in [5.74, 6) is 0.938. The molecule has 1 aromatic heterocycles. The van der Waals surface area contributed by atoms with Gasteiger partial charge in [0.15, 0.2) is 11.6 Å². The number of anilines is 1. The van der Waals surface area contributed by atoms with Gasteiger partial charge >= 0.3 is 0 Å². The second-order valence-electron chi connectivity index (χ2n) is 10.2. The van der Waals surface area contributed by atoms with Crippen LogP contribution >= 0.6 is 0 Å². The SMILES string of the molecule is CC(=O)c1cccc(-c2cc(-c3ccccc3O)nc(NC=O)c2C#N)c1.CC1CCNC1.CCc1ccc(C)cc1. The fraction of sp³-hybridized carbons (Fsp3) is 0.257. The summed E-state index contributed by atoms with van der Waals surface area (Å²) in [5, 5.41) is 25.5. The molecule has 1 unspecified atom stereocenters. The summed E-state index contributed by atoms with van der Waals surface area (Å²) in [6.45, 7) is 10.5. The number of pyridine rings is 1. The summed E-state index contributed by atoms with van der Waals surface area (Å²) in [5.41, 5.74) is 5.40. The number of amides is 1. The van der Waals surface area contributed by atoms with Crippen molar-refractivity contribution in [3.8, 4) is 34.2 Å². The number of ketones is 1.